The van der Waals surface area contributed by atoms with Crippen LogP contribution >= 0.6 is 0 Å². The molecule has 148 valence electrons. The smallest absolute Gasteiger partial charge is 0.310 e. The Morgan fingerprint density at radius 2 is 1.71 bits per heavy atom. The molecule has 4 atom stereocenters. The zero-order valence-corrected chi connectivity index (χ0v) is 15.3. The van der Waals surface area contributed by atoms with E-state index < -0.39 is 30.0 Å². The van der Waals surface area contributed by atoms with E-state index in [1.807, 2.05) is 24.3 Å². The molecule has 0 saturated carbocycles. The van der Waals surface area contributed by atoms with E-state index in [1.165, 1.54) is 0 Å². The zero-order valence-electron chi connectivity index (χ0n) is 15.3. The average Bonchev–Trinajstić information content (AvgIpc) is 3.43. The molecular formula is C20H22N2O6. The summed E-state index contributed by atoms with van der Waals surface area (Å²) in [6.07, 6.45) is 2.69. The summed E-state index contributed by atoms with van der Waals surface area (Å²) in [6, 6.07) is 5.95. The molecule has 2 saturated heterocycles. The number of fused-ring (bicyclic) bond motifs is 3. The SMILES string of the molecule is O=C(O)[C@@H]1[C@@H](C(=O)N2CCN(Cc3ccc4c(c3)OCO4)CC2)[C@H]2C=C[C@H]1O2. The number of carboxylic acid groups (broad SMARTS) is 1. The fourth-order valence-electron chi connectivity index (χ4n) is 4.53. The Bertz CT molecular complexity index is 832. The second kappa shape index (κ2) is 6.79. The van der Waals surface area contributed by atoms with Gasteiger partial charge in [-0.1, -0.05) is 18.2 Å². The van der Waals surface area contributed by atoms with Gasteiger partial charge in [-0.25, -0.2) is 0 Å². The van der Waals surface area contributed by atoms with E-state index in [0.717, 1.165) is 36.7 Å². The second-order valence-corrected chi connectivity index (χ2v) is 7.63. The molecule has 5 rings (SSSR count). The highest BCUT2D eigenvalue weighted by Gasteiger charge is 2.54. The van der Waals surface area contributed by atoms with Crippen LogP contribution in [0, 0.1) is 11.8 Å². The van der Waals surface area contributed by atoms with Crippen LogP contribution in [0.4, 0.5) is 0 Å². The minimum atomic E-state index is -0.961. The van der Waals surface area contributed by atoms with Gasteiger partial charge in [0.1, 0.15) is 5.92 Å². The molecule has 0 unspecified atom stereocenters. The summed E-state index contributed by atoms with van der Waals surface area (Å²) in [7, 11) is 0. The lowest BCUT2D eigenvalue weighted by molar-refractivity contribution is -0.150. The molecule has 1 aromatic rings. The zero-order chi connectivity index (χ0) is 19.3. The Kier molecular flexibility index (Phi) is 4.25. The Balaban J connectivity index is 1.20. The van der Waals surface area contributed by atoms with Gasteiger partial charge in [-0.2, -0.15) is 0 Å². The van der Waals surface area contributed by atoms with Crippen LogP contribution < -0.4 is 9.47 Å². The van der Waals surface area contributed by atoms with E-state index in [0.29, 0.717) is 13.1 Å². The van der Waals surface area contributed by atoms with Crippen LogP contribution in [-0.2, 0) is 20.9 Å². The first kappa shape index (κ1) is 17.5. The molecule has 4 heterocycles. The standard InChI is InChI=1S/C20H22N2O6/c23-19(17-14-3-4-15(28-14)18(17)20(24)25)22-7-5-21(6-8-22)10-12-1-2-13-16(9-12)27-11-26-13/h1-4,9,14-15,17-18H,5-8,10-11H2,(H,24,25)/t14-,15-,17+,18+/m1/s1. The lowest BCUT2D eigenvalue weighted by Crippen LogP contribution is -2.52. The van der Waals surface area contributed by atoms with E-state index >= 15 is 0 Å². The third-order valence-electron chi connectivity index (χ3n) is 6.00. The summed E-state index contributed by atoms with van der Waals surface area (Å²) >= 11 is 0. The summed E-state index contributed by atoms with van der Waals surface area (Å²) in [5.74, 6) is -0.921. The molecule has 0 spiro atoms. The number of amides is 1. The van der Waals surface area contributed by atoms with Gasteiger partial charge in [-0.15, -0.1) is 0 Å². The first-order valence-electron chi connectivity index (χ1n) is 9.56. The highest BCUT2D eigenvalue weighted by molar-refractivity contribution is 5.87. The van der Waals surface area contributed by atoms with E-state index in [4.69, 9.17) is 14.2 Å². The van der Waals surface area contributed by atoms with Crippen molar-refractivity contribution in [3.8, 4) is 11.5 Å². The van der Waals surface area contributed by atoms with Crippen LogP contribution in [0.25, 0.3) is 0 Å². The molecule has 0 radical (unpaired) electrons. The highest BCUT2D eigenvalue weighted by atomic mass is 16.7. The summed E-state index contributed by atoms with van der Waals surface area (Å²) < 4.78 is 16.4. The predicted molar refractivity (Wildman–Crippen MR) is 96.8 cm³/mol. The number of benzene rings is 1. The number of hydrogen-bond donors (Lipinski definition) is 1. The normalized spacial score (nSPS) is 30.8. The van der Waals surface area contributed by atoms with E-state index in [-0.39, 0.29) is 12.7 Å². The first-order chi connectivity index (χ1) is 13.6. The molecular weight excluding hydrogens is 364 g/mol. The van der Waals surface area contributed by atoms with Crippen molar-refractivity contribution in [2.75, 3.05) is 33.0 Å². The van der Waals surface area contributed by atoms with Gasteiger partial charge in [0.05, 0.1) is 18.1 Å². The third-order valence-corrected chi connectivity index (χ3v) is 6.00. The van der Waals surface area contributed by atoms with Crippen LogP contribution in [0.15, 0.2) is 30.4 Å². The van der Waals surface area contributed by atoms with E-state index in [2.05, 4.69) is 4.90 Å². The number of carbonyl (C=O) groups is 2. The maximum Gasteiger partial charge on any atom is 0.310 e. The molecule has 2 fully saturated rings. The molecule has 1 aromatic carbocycles. The predicted octanol–water partition coefficient (Wildman–Crippen LogP) is 0.714. The number of ether oxygens (including phenoxy) is 3. The fraction of sp³-hybridized carbons (Fsp3) is 0.500. The number of carboxylic acids is 1. The van der Waals surface area contributed by atoms with Gasteiger partial charge in [0.15, 0.2) is 11.5 Å². The lowest BCUT2D eigenvalue weighted by Gasteiger charge is -2.37. The molecule has 4 aliphatic heterocycles. The molecule has 8 nitrogen and oxygen atoms in total. The van der Waals surface area contributed by atoms with Gasteiger partial charge in [-0.05, 0) is 17.7 Å². The number of carbonyl (C=O) groups excluding carboxylic acids is 1. The average molecular weight is 386 g/mol. The van der Waals surface area contributed by atoms with Crippen molar-refractivity contribution in [1.29, 1.82) is 0 Å². The van der Waals surface area contributed by atoms with Crippen molar-refractivity contribution < 1.29 is 28.9 Å². The minimum Gasteiger partial charge on any atom is -0.481 e. The quantitative estimate of drug-likeness (QED) is 0.763. The Morgan fingerprint density at radius 1 is 1.00 bits per heavy atom. The monoisotopic (exact) mass is 386 g/mol. The van der Waals surface area contributed by atoms with Gasteiger partial charge >= 0.3 is 5.97 Å². The van der Waals surface area contributed by atoms with Gasteiger partial charge < -0.3 is 24.2 Å². The first-order valence-corrected chi connectivity index (χ1v) is 9.56. The number of nitrogens with zero attached hydrogens (tertiary/aromatic N) is 2. The third kappa shape index (κ3) is 2.93. The molecule has 1 amide bonds. The number of piperazine rings is 1. The van der Waals surface area contributed by atoms with Gasteiger partial charge in [0, 0.05) is 32.7 Å². The summed E-state index contributed by atoms with van der Waals surface area (Å²) in [4.78, 5) is 28.7. The topological polar surface area (TPSA) is 88.5 Å². The Hall–Kier alpha value is -2.58. The van der Waals surface area contributed by atoms with Crippen molar-refractivity contribution in [2.24, 2.45) is 11.8 Å². The van der Waals surface area contributed by atoms with Crippen molar-refractivity contribution in [3.05, 3.63) is 35.9 Å². The Morgan fingerprint density at radius 3 is 2.46 bits per heavy atom. The summed E-state index contributed by atoms with van der Waals surface area (Å²) in [6.45, 7) is 3.71. The number of aliphatic carboxylic acids is 1. The van der Waals surface area contributed by atoms with Crippen LogP contribution in [0.1, 0.15) is 5.56 Å². The summed E-state index contributed by atoms with van der Waals surface area (Å²) in [5.41, 5.74) is 1.14. The van der Waals surface area contributed by atoms with Crippen molar-refractivity contribution >= 4 is 11.9 Å². The maximum atomic E-state index is 13.0. The van der Waals surface area contributed by atoms with Crippen LogP contribution in [0.3, 0.4) is 0 Å². The van der Waals surface area contributed by atoms with Crippen LogP contribution in [0.5, 0.6) is 11.5 Å². The minimum absolute atomic E-state index is 0.105. The van der Waals surface area contributed by atoms with Crippen LogP contribution in [0.2, 0.25) is 0 Å². The van der Waals surface area contributed by atoms with Gasteiger partial charge in [0.25, 0.3) is 0 Å². The summed E-state index contributed by atoms with van der Waals surface area (Å²) in [5, 5.41) is 9.51. The molecule has 8 heteroatoms. The fourth-order valence-corrected chi connectivity index (χ4v) is 4.53. The molecule has 28 heavy (non-hydrogen) atoms. The van der Waals surface area contributed by atoms with Crippen molar-refractivity contribution in [2.45, 2.75) is 18.8 Å². The number of hydrogen-bond acceptors (Lipinski definition) is 6. The largest absolute Gasteiger partial charge is 0.481 e. The molecule has 1 N–H and O–H groups in total. The second-order valence-electron chi connectivity index (χ2n) is 7.63. The molecule has 0 aromatic heterocycles. The Labute approximate surface area is 162 Å². The van der Waals surface area contributed by atoms with Gasteiger partial charge in [-0.3, -0.25) is 14.5 Å². The van der Waals surface area contributed by atoms with E-state index in [1.54, 1.807) is 11.0 Å². The van der Waals surface area contributed by atoms with Crippen LogP contribution in [-0.4, -0.2) is 72.0 Å². The van der Waals surface area contributed by atoms with Crippen molar-refractivity contribution in [1.82, 2.24) is 9.80 Å². The molecule has 4 aliphatic rings. The maximum absolute atomic E-state index is 13.0. The lowest BCUT2D eigenvalue weighted by atomic mass is 9.82. The molecule has 0 aliphatic carbocycles. The molecule has 2 bridgehead atoms. The van der Waals surface area contributed by atoms with Crippen molar-refractivity contribution in [3.63, 3.8) is 0 Å². The number of rotatable bonds is 4. The van der Waals surface area contributed by atoms with Gasteiger partial charge in [0.2, 0.25) is 12.7 Å². The highest BCUT2D eigenvalue weighted by Crippen LogP contribution is 2.40. The van der Waals surface area contributed by atoms with E-state index in [9.17, 15) is 14.7 Å².